The van der Waals surface area contributed by atoms with Crippen LogP contribution in [0.3, 0.4) is 0 Å². The molecule has 0 aliphatic carbocycles. The maximum atomic E-state index is 11.6. The average Bonchev–Trinajstić information content (AvgIpc) is 3.03. The Morgan fingerprint density at radius 1 is 1.28 bits per heavy atom. The quantitative estimate of drug-likeness (QED) is 0.527. The number of carbonyl (C=O) groups excluding carboxylic acids is 1. The van der Waals surface area contributed by atoms with E-state index in [-0.39, 0.29) is 18.6 Å². The number of aromatic nitrogens is 1. The van der Waals surface area contributed by atoms with Crippen LogP contribution in [0.25, 0.3) is 11.0 Å². The zero-order valence-electron chi connectivity index (χ0n) is 16.9. The molecule has 154 valence electrons. The molecule has 0 spiro atoms. The molecular formula is C22H26N2O5. The summed E-state index contributed by atoms with van der Waals surface area (Å²) in [6.45, 7) is 7.20. The number of furan rings is 1. The smallest absolute Gasteiger partial charge is 0.493 e. The van der Waals surface area contributed by atoms with Gasteiger partial charge in [0.25, 0.3) is 5.95 Å². The molecule has 3 aromatic rings. The fraction of sp³-hybridized carbons (Fsp3) is 0.364. The predicted molar refractivity (Wildman–Crippen MR) is 109 cm³/mol. The van der Waals surface area contributed by atoms with E-state index in [2.05, 4.69) is 17.2 Å². The molecule has 7 heteroatoms. The lowest BCUT2D eigenvalue weighted by Gasteiger charge is -2.14. The van der Waals surface area contributed by atoms with Crippen LogP contribution in [0.2, 0.25) is 0 Å². The predicted octanol–water partition coefficient (Wildman–Crippen LogP) is 4.62. The molecule has 3 rings (SSSR count). The van der Waals surface area contributed by atoms with Crippen molar-refractivity contribution in [2.75, 3.05) is 13.2 Å². The van der Waals surface area contributed by atoms with Crippen LogP contribution in [0.5, 0.6) is 11.7 Å². The van der Waals surface area contributed by atoms with Crippen molar-refractivity contribution >= 4 is 17.1 Å². The first-order valence-electron chi connectivity index (χ1n) is 9.70. The summed E-state index contributed by atoms with van der Waals surface area (Å²) in [6, 6.07) is 9.79. The van der Waals surface area contributed by atoms with Gasteiger partial charge in [0.05, 0.1) is 18.6 Å². The normalized spacial score (nSPS) is 12.0. The zero-order chi connectivity index (χ0) is 20.6. The monoisotopic (exact) mass is 398 g/mol. The van der Waals surface area contributed by atoms with Gasteiger partial charge in [0.15, 0.2) is 0 Å². The van der Waals surface area contributed by atoms with Crippen LogP contribution in [-0.4, -0.2) is 30.4 Å². The molecule has 0 fully saturated rings. The van der Waals surface area contributed by atoms with Gasteiger partial charge in [0.1, 0.15) is 11.3 Å². The number of aryl methyl sites for hydroxylation is 1. The van der Waals surface area contributed by atoms with Gasteiger partial charge in [-0.1, -0.05) is 12.1 Å². The van der Waals surface area contributed by atoms with E-state index in [0.717, 1.165) is 23.9 Å². The highest BCUT2D eigenvalue weighted by Gasteiger charge is 2.19. The number of rotatable bonds is 9. The average molecular weight is 398 g/mol. The number of nitrogens with one attached hydrogen (secondary N) is 1. The van der Waals surface area contributed by atoms with Crippen LogP contribution < -0.4 is 14.8 Å². The number of ether oxygens (including phenoxy) is 3. The molecule has 0 amide bonds. The SMILES string of the molecule is CCOC(=O)Oc1oc2cccc(OCCC(C)NCc3cccnc3)c2c1C. The van der Waals surface area contributed by atoms with Gasteiger partial charge in [0.2, 0.25) is 0 Å². The molecule has 1 unspecified atom stereocenters. The van der Waals surface area contributed by atoms with Gasteiger partial charge in [-0.05, 0) is 51.0 Å². The van der Waals surface area contributed by atoms with Gasteiger partial charge >= 0.3 is 6.16 Å². The molecule has 0 bridgehead atoms. The molecule has 1 N–H and O–H groups in total. The van der Waals surface area contributed by atoms with Crippen LogP contribution in [-0.2, 0) is 11.3 Å². The van der Waals surface area contributed by atoms with E-state index in [9.17, 15) is 4.79 Å². The van der Waals surface area contributed by atoms with Crippen molar-refractivity contribution in [3.63, 3.8) is 0 Å². The second kappa shape index (κ2) is 9.93. The summed E-state index contributed by atoms with van der Waals surface area (Å²) in [5.74, 6) is 0.822. The highest BCUT2D eigenvalue weighted by atomic mass is 16.8. The number of hydrogen-bond acceptors (Lipinski definition) is 7. The van der Waals surface area contributed by atoms with E-state index in [0.29, 0.717) is 23.5 Å². The largest absolute Gasteiger partial charge is 0.516 e. The molecule has 0 radical (unpaired) electrons. The van der Waals surface area contributed by atoms with Crippen LogP contribution in [0.1, 0.15) is 31.4 Å². The topological polar surface area (TPSA) is 82.8 Å². The number of carbonyl (C=O) groups is 1. The number of fused-ring (bicyclic) bond motifs is 1. The summed E-state index contributed by atoms with van der Waals surface area (Å²) >= 11 is 0. The molecule has 7 nitrogen and oxygen atoms in total. The molecule has 0 saturated carbocycles. The van der Waals surface area contributed by atoms with Crippen LogP contribution >= 0.6 is 0 Å². The Bertz CT molecular complexity index is 939. The first kappa shape index (κ1) is 20.7. The molecule has 0 saturated heterocycles. The second-order valence-corrected chi connectivity index (χ2v) is 6.71. The number of hydrogen-bond donors (Lipinski definition) is 1. The summed E-state index contributed by atoms with van der Waals surface area (Å²) in [7, 11) is 0. The fourth-order valence-electron chi connectivity index (χ4n) is 2.93. The van der Waals surface area contributed by atoms with Gasteiger partial charge in [-0.25, -0.2) is 4.79 Å². The van der Waals surface area contributed by atoms with E-state index in [1.54, 1.807) is 13.1 Å². The van der Waals surface area contributed by atoms with Crippen molar-refractivity contribution < 1.29 is 23.4 Å². The van der Waals surface area contributed by atoms with E-state index in [4.69, 9.17) is 18.6 Å². The van der Waals surface area contributed by atoms with E-state index < -0.39 is 6.16 Å². The standard InChI is InChI=1S/C22H26N2O5/c1-4-26-22(25)29-21-16(3)20-18(8-5-9-19(20)28-21)27-12-10-15(2)24-14-17-7-6-11-23-13-17/h5-9,11,13,15,24H,4,10,12,14H2,1-3H3. The lowest BCUT2D eigenvalue weighted by Crippen LogP contribution is -2.27. The molecular weight excluding hydrogens is 372 g/mol. The third-order valence-electron chi connectivity index (χ3n) is 4.50. The fourth-order valence-corrected chi connectivity index (χ4v) is 2.93. The Balaban J connectivity index is 1.58. The molecule has 0 aliphatic heterocycles. The minimum absolute atomic E-state index is 0.126. The second-order valence-electron chi connectivity index (χ2n) is 6.71. The Morgan fingerprint density at radius 2 is 2.14 bits per heavy atom. The highest BCUT2D eigenvalue weighted by molar-refractivity contribution is 5.89. The van der Waals surface area contributed by atoms with E-state index in [1.807, 2.05) is 43.5 Å². The minimum atomic E-state index is -0.786. The maximum absolute atomic E-state index is 11.6. The van der Waals surface area contributed by atoms with E-state index >= 15 is 0 Å². The van der Waals surface area contributed by atoms with Gasteiger partial charge in [0, 0.05) is 30.5 Å². The third kappa shape index (κ3) is 5.48. The highest BCUT2D eigenvalue weighted by Crippen LogP contribution is 2.37. The summed E-state index contributed by atoms with van der Waals surface area (Å²) in [6.07, 6.45) is 3.67. The Labute approximate surface area is 170 Å². The Morgan fingerprint density at radius 3 is 2.90 bits per heavy atom. The third-order valence-corrected chi connectivity index (χ3v) is 4.50. The lowest BCUT2D eigenvalue weighted by atomic mass is 10.1. The summed E-state index contributed by atoms with van der Waals surface area (Å²) in [4.78, 5) is 15.7. The molecule has 29 heavy (non-hydrogen) atoms. The van der Waals surface area contributed by atoms with Crippen LogP contribution in [0.15, 0.2) is 47.1 Å². The number of nitrogens with zero attached hydrogens (tertiary/aromatic N) is 1. The summed E-state index contributed by atoms with van der Waals surface area (Å²) in [5, 5.41) is 4.26. The van der Waals surface area contributed by atoms with Crippen molar-refractivity contribution in [3.05, 3.63) is 53.9 Å². The van der Waals surface area contributed by atoms with Crippen LogP contribution in [0.4, 0.5) is 4.79 Å². The molecule has 1 atom stereocenters. The molecule has 0 aliphatic rings. The lowest BCUT2D eigenvalue weighted by molar-refractivity contribution is 0.0953. The molecule has 2 aromatic heterocycles. The first-order valence-corrected chi connectivity index (χ1v) is 9.70. The van der Waals surface area contributed by atoms with Crippen molar-refractivity contribution in [1.29, 1.82) is 0 Å². The summed E-state index contributed by atoms with van der Waals surface area (Å²) in [5.41, 5.74) is 2.45. The maximum Gasteiger partial charge on any atom is 0.516 e. The van der Waals surface area contributed by atoms with E-state index in [1.165, 1.54) is 0 Å². The van der Waals surface area contributed by atoms with Gasteiger partial charge in [-0.15, -0.1) is 0 Å². The van der Waals surface area contributed by atoms with Gasteiger partial charge in [-0.2, -0.15) is 0 Å². The van der Waals surface area contributed by atoms with Gasteiger partial charge < -0.3 is 23.9 Å². The van der Waals surface area contributed by atoms with Crippen molar-refractivity contribution in [3.8, 4) is 11.7 Å². The minimum Gasteiger partial charge on any atom is -0.493 e. The molecule has 2 heterocycles. The zero-order valence-corrected chi connectivity index (χ0v) is 16.9. The summed E-state index contributed by atoms with van der Waals surface area (Å²) < 4.78 is 21.6. The Kier molecular flexibility index (Phi) is 7.08. The Hall–Kier alpha value is -3.06. The van der Waals surface area contributed by atoms with Crippen molar-refractivity contribution in [2.24, 2.45) is 0 Å². The van der Waals surface area contributed by atoms with Gasteiger partial charge in [-0.3, -0.25) is 4.98 Å². The number of pyridine rings is 1. The van der Waals surface area contributed by atoms with Crippen molar-refractivity contribution in [2.45, 2.75) is 39.8 Å². The van der Waals surface area contributed by atoms with Crippen LogP contribution in [0, 0.1) is 6.92 Å². The first-order chi connectivity index (χ1) is 14.1. The number of benzene rings is 1. The molecule has 1 aromatic carbocycles. The van der Waals surface area contributed by atoms with Crippen molar-refractivity contribution in [1.82, 2.24) is 10.3 Å².